The lowest BCUT2D eigenvalue weighted by atomic mass is 9.93. The van der Waals surface area contributed by atoms with E-state index in [1.807, 2.05) is 4.90 Å². The Morgan fingerprint density at radius 2 is 1.82 bits per heavy atom. The van der Waals surface area contributed by atoms with Crippen molar-refractivity contribution in [1.29, 1.82) is 0 Å². The first-order chi connectivity index (χ1) is 10.4. The summed E-state index contributed by atoms with van der Waals surface area (Å²) in [4.78, 5) is 16.7. The molecule has 2 saturated carbocycles. The van der Waals surface area contributed by atoms with Crippen LogP contribution in [0, 0.1) is 11.8 Å². The number of hydrogen-bond acceptors (Lipinski definition) is 4. The van der Waals surface area contributed by atoms with Crippen LogP contribution in [0.2, 0.25) is 0 Å². The van der Waals surface area contributed by atoms with E-state index in [0.717, 1.165) is 44.1 Å². The zero-order chi connectivity index (χ0) is 15.7. The molecule has 3 rings (SSSR count). The molecule has 2 aliphatic carbocycles. The Labute approximate surface area is 134 Å². The molecule has 3 atom stereocenters. The van der Waals surface area contributed by atoms with E-state index in [1.54, 1.807) is 0 Å². The highest BCUT2D eigenvalue weighted by molar-refractivity contribution is 7.90. The van der Waals surface area contributed by atoms with Gasteiger partial charge in [-0.15, -0.1) is 0 Å². The van der Waals surface area contributed by atoms with Crippen LogP contribution < -0.4 is 0 Å². The van der Waals surface area contributed by atoms with Gasteiger partial charge in [0.15, 0.2) is 0 Å². The minimum atomic E-state index is -2.95. The molecule has 22 heavy (non-hydrogen) atoms. The Morgan fingerprint density at radius 3 is 2.36 bits per heavy atom. The van der Waals surface area contributed by atoms with Gasteiger partial charge < -0.3 is 4.90 Å². The number of carbonyl (C=O) groups excluding carboxylic acids is 1. The van der Waals surface area contributed by atoms with Crippen molar-refractivity contribution in [1.82, 2.24) is 9.80 Å². The Kier molecular flexibility index (Phi) is 4.78. The molecule has 1 amide bonds. The van der Waals surface area contributed by atoms with E-state index < -0.39 is 9.84 Å². The van der Waals surface area contributed by atoms with Crippen molar-refractivity contribution in [3.05, 3.63) is 0 Å². The molecule has 1 saturated heterocycles. The molecule has 0 radical (unpaired) electrons. The molecule has 2 bridgehead atoms. The maximum atomic E-state index is 12.2. The molecule has 0 spiro atoms. The molecule has 0 N–H and O–H groups in total. The van der Waals surface area contributed by atoms with Crippen LogP contribution in [0.25, 0.3) is 0 Å². The van der Waals surface area contributed by atoms with Crippen LogP contribution in [-0.2, 0) is 14.6 Å². The van der Waals surface area contributed by atoms with Gasteiger partial charge in [-0.25, -0.2) is 8.42 Å². The monoisotopic (exact) mass is 328 g/mol. The lowest BCUT2D eigenvalue weighted by Crippen LogP contribution is -2.53. The van der Waals surface area contributed by atoms with E-state index in [1.165, 1.54) is 31.9 Å². The molecule has 0 aromatic heterocycles. The fourth-order valence-electron chi connectivity index (χ4n) is 4.61. The normalized spacial score (nSPS) is 32.6. The van der Waals surface area contributed by atoms with Crippen molar-refractivity contribution in [3.8, 4) is 0 Å². The smallest absolute Gasteiger partial charge is 0.222 e. The summed E-state index contributed by atoms with van der Waals surface area (Å²) in [7, 11) is -2.95. The minimum Gasteiger partial charge on any atom is -0.340 e. The summed E-state index contributed by atoms with van der Waals surface area (Å²) in [5.41, 5.74) is 0. The maximum absolute atomic E-state index is 12.2. The van der Waals surface area contributed by atoms with Crippen molar-refractivity contribution in [3.63, 3.8) is 0 Å². The van der Waals surface area contributed by atoms with E-state index in [4.69, 9.17) is 0 Å². The van der Waals surface area contributed by atoms with Gasteiger partial charge >= 0.3 is 0 Å². The zero-order valence-corrected chi connectivity index (χ0v) is 14.4. The first kappa shape index (κ1) is 16.2. The third kappa shape index (κ3) is 3.82. The van der Waals surface area contributed by atoms with E-state index in [0.29, 0.717) is 12.8 Å². The van der Waals surface area contributed by atoms with E-state index in [2.05, 4.69) is 4.90 Å². The van der Waals surface area contributed by atoms with Crippen molar-refractivity contribution < 1.29 is 13.2 Å². The molecule has 5 nitrogen and oxygen atoms in total. The standard InChI is InChI=1S/C16H28N2O3S/c1-22(20,21)10-2-3-16(19)18-8-6-17(7-9-18)15-12-13-4-5-14(15)11-13/h13-15H,2-12H2,1H3/t13-,14-,15+/m0/s1. The highest BCUT2D eigenvalue weighted by atomic mass is 32.2. The quantitative estimate of drug-likeness (QED) is 0.759. The average molecular weight is 328 g/mol. The predicted molar refractivity (Wildman–Crippen MR) is 86.3 cm³/mol. The highest BCUT2D eigenvalue weighted by Crippen LogP contribution is 2.46. The second kappa shape index (κ2) is 6.48. The first-order valence-corrected chi connectivity index (χ1v) is 10.7. The van der Waals surface area contributed by atoms with Gasteiger partial charge in [-0.1, -0.05) is 6.42 Å². The van der Waals surface area contributed by atoms with Gasteiger partial charge in [0, 0.05) is 44.9 Å². The first-order valence-electron chi connectivity index (χ1n) is 8.62. The summed E-state index contributed by atoms with van der Waals surface area (Å²) in [6.45, 7) is 3.61. The number of rotatable bonds is 5. The van der Waals surface area contributed by atoms with Gasteiger partial charge in [-0.2, -0.15) is 0 Å². The molecular weight excluding hydrogens is 300 g/mol. The minimum absolute atomic E-state index is 0.115. The van der Waals surface area contributed by atoms with E-state index in [-0.39, 0.29) is 11.7 Å². The molecule has 3 fully saturated rings. The summed E-state index contributed by atoms with van der Waals surface area (Å²) in [5.74, 6) is 2.10. The number of amides is 1. The van der Waals surface area contributed by atoms with Gasteiger partial charge in [0.05, 0.1) is 5.75 Å². The summed E-state index contributed by atoms with van der Waals surface area (Å²) in [5, 5.41) is 0. The predicted octanol–water partition coefficient (Wildman–Crippen LogP) is 1.14. The maximum Gasteiger partial charge on any atom is 0.222 e. The average Bonchev–Trinajstić information content (AvgIpc) is 3.08. The van der Waals surface area contributed by atoms with Crippen molar-refractivity contribution in [2.75, 3.05) is 38.2 Å². The topological polar surface area (TPSA) is 57.7 Å². The number of piperazine rings is 1. The molecule has 0 aromatic carbocycles. The summed E-state index contributed by atoms with van der Waals surface area (Å²) in [6, 6.07) is 0.765. The fourth-order valence-corrected chi connectivity index (χ4v) is 5.27. The van der Waals surface area contributed by atoms with Gasteiger partial charge in [0.25, 0.3) is 0 Å². The lowest BCUT2D eigenvalue weighted by Gasteiger charge is -2.41. The number of fused-ring (bicyclic) bond motifs is 2. The summed E-state index contributed by atoms with van der Waals surface area (Å²) < 4.78 is 22.2. The number of nitrogens with zero attached hydrogens (tertiary/aromatic N) is 2. The third-order valence-electron chi connectivity index (χ3n) is 5.74. The summed E-state index contributed by atoms with van der Waals surface area (Å²) >= 11 is 0. The molecule has 126 valence electrons. The molecule has 1 aliphatic heterocycles. The molecule has 3 aliphatic rings. The Balaban J connectivity index is 1.41. The molecule has 0 unspecified atom stereocenters. The molecular formula is C16H28N2O3S. The van der Waals surface area contributed by atoms with Crippen LogP contribution in [0.3, 0.4) is 0 Å². The molecule has 6 heteroatoms. The van der Waals surface area contributed by atoms with Gasteiger partial charge in [-0.05, 0) is 37.5 Å². The van der Waals surface area contributed by atoms with Gasteiger partial charge in [0.1, 0.15) is 9.84 Å². The largest absolute Gasteiger partial charge is 0.340 e. The van der Waals surface area contributed by atoms with Crippen LogP contribution >= 0.6 is 0 Å². The van der Waals surface area contributed by atoms with E-state index >= 15 is 0 Å². The van der Waals surface area contributed by atoms with Crippen LogP contribution in [-0.4, -0.2) is 68.4 Å². The fraction of sp³-hybridized carbons (Fsp3) is 0.938. The van der Waals surface area contributed by atoms with Gasteiger partial charge in [0.2, 0.25) is 5.91 Å². The zero-order valence-electron chi connectivity index (χ0n) is 13.5. The second-order valence-corrected chi connectivity index (χ2v) is 9.65. The number of sulfone groups is 1. The Hall–Kier alpha value is -0.620. The van der Waals surface area contributed by atoms with Crippen LogP contribution in [0.4, 0.5) is 0 Å². The Morgan fingerprint density at radius 1 is 1.09 bits per heavy atom. The lowest BCUT2D eigenvalue weighted by molar-refractivity contribution is -0.133. The van der Waals surface area contributed by atoms with Crippen molar-refractivity contribution >= 4 is 15.7 Å². The third-order valence-corrected chi connectivity index (χ3v) is 6.77. The Bertz CT molecular complexity index is 511. The van der Waals surface area contributed by atoms with Crippen LogP contribution in [0.1, 0.15) is 38.5 Å². The van der Waals surface area contributed by atoms with Crippen LogP contribution in [0.5, 0.6) is 0 Å². The summed E-state index contributed by atoms with van der Waals surface area (Å²) in [6.07, 6.45) is 7.67. The van der Waals surface area contributed by atoms with Crippen LogP contribution in [0.15, 0.2) is 0 Å². The highest BCUT2D eigenvalue weighted by Gasteiger charge is 2.42. The van der Waals surface area contributed by atoms with Gasteiger partial charge in [-0.3, -0.25) is 9.69 Å². The molecule has 1 heterocycles. The van der Waals surface area contributed by atoms with Crippen molar-refractivity contribution in [2.24, 2.45) is 11.8 Å². The second-order valence-electron chi connectivity index (χ2n) is 7.39. The number of hydrogen-bond donors (Lipinski definition) is 0. The SMILES string of the molecule is CS(=O)(=O)CCCC(=O)N1CCN([C@@H]2C[C@H]3CC[C@H]2C3)CC1. The molecule has 0 aromatic rings. The van der Waals surface area contributed by atoms with Crippen molar-refractivity contribution in [2.45, 2.75) is 44.6 Å². The van der Waals surface area contributed by atoms with E-state index in [9.17, 15) is 13.2 Å². The number of carbonyl (C=O) groups is 1.